The Balaban J connectivity index is 2.45. The van der Waals surface area contributed by atoms with Gasteiger partial charge < -0.3 is 5.21 Å². The van der Waals surface area contributed by atoms with Crippen molar-refractivity contribution in [3.8, 4) is 0 Å². The van der Waals surface area contributed by atoms with E-state index in [9.17, 15) is 13.2 Å². The SMILES string of the molecule is ON1CCC(C(F)(F)F)C1. The summed E-state index contributed by atoms with van der Waals surface area (Å²) in [6, 6.07) is 0. The average molecular weight is 155 g/mol. The molecule has 0 aromatic heterocycles. The first-order valence-electron chi connectivity index (χ1n) is 3.00. The number of nitrogens with zero attached hydrogens (tertiary/aromatic N) is 1. The van der Waals surface area contributed by atoms with Gasteiger partial charge in [0.25, 0.3) is 0 Å². The zero-order valence-corrected chi connectivity index (χ0v) is 5.23. The van der Waals surface area contributed by atoms with Crippen LogP contribution in [0.4, 0.5) is 13.2 Å². The largest absolute Gasteiger partial charge is 0.393 e. The molecule has 0 radical (unpaired) electrons. The third-order valence-corrected chi connectivity index (χ3v) is 1.63. The number of alkyl halides is 3. The fourth-order valence-corrected chi connectivity index (χ4v) is 1.01. The van der Waals surface area contributed by atoms with Crippen LogP contribution in [0.3, 0.4) is 0 Å². The smallest absolute Gasteiger partial charge is 0.314 e. The van der Waals surface area contributed by atoms with Crippen LogP contribution in [0.15, 0.2) is 0 Å². The monoisotopic (exact) mass is 155 g/mol. The summed E-state index contributed by atoms with van der Waals surface area (Å²) < 4.78 is 35.4. The quantitative estimate of drug-likeness (QED) is 0.569. The van der Waals surface area contributed by atoms with Crippen LogP contribution in [0.2, 0.25) is 0 Å². The Hall–Kier alpha value is -0.290. The summed E-state index contributed by atoms with van der Waals surface area (Å²) in [5, 5.41) is 9.30. The second-order valence-corrected chi connectivity index (χ2v) is 2.44. The highest BCUT2D eigenvalue weighted by Gasteiger charge is 2.43. The molecule has 0 aromatic rings. The molecule has 0 saturated carbocycles. The number of hydrogen-bond donors (Lipinski definition) is 1. The first-order valence-corrected chi connectivity index (χ1v) is 3.00. The highest BCUT2D eigenvalue weighted by Crippen LogP contribution is 2.32. The highest BCUT2D eigenvalue weighted by molar-refractivity contribution is 4.76. The second kappa shape index (κ2) is 2.39. The van der Waals surface area contributed by atoms with Crippen LogP contribution in [0.1, 0.15) is 6.42 Å². The third-order valence-electron chi connectivity index (χ3n) is 1.63. The molecule has 1 atom stereocenters. The van der Waals surface area contributed by atoms with Crippen LogP contribution < -0.4 is 0 Å². The zero-order valence-electron chi connectivity index (χ0n) is 5.23. The van der Waals surface area contributed by atoms with E-state index in [2.05, 4.69) is 0 Å². The van der Waals surface area contributed by atoms with E-state index in [4.69, 9.17) is 5.21 Å². The Labute approximate surface area is 56.2 Å². The second-order valence-electron chi connectivity index (χ2n) is 2.44. The molecule has 5 heteroatoms. The van der Waals surface area contributed by atoms with Gasteiger partial charge >= 0.3 is 6.18 Å². The van der Waals surface area contributed by atoms with E-state index >= 15 is 0 Å². The van der Waals surface area contributed by atoms with Crippen LogP contribution in [0.25, 0.3) is 0 Å². The number of rotatable bonds is 0. The molecule has 1 saturated heterocycles. The lowest BCUT2D eigenvalue weighted by atomic mass is 10.1. The van der Waals surface area contributed by atoms with Gasteiger partial charge in [-0.25, -0.2) is 0 Å². The van der Waals surface area contributed by atoms with Gasteiger partial charge in [-0.1, -0.05) is 0 Å². The van der Waals surface area contributed by atoms with Gasteiger partial charge in [0.2, 0.25) is 0 Å². The molecule has 1 heterocycles. The maximum atomic E-state index is 11.8. The maximum Gasteiger partial charge on any atom is 0.393 e. The van der Waals surface area contributed by atoms with Crippen molar-refractivity contribution in [3.63, 3.8) is 0 Å². The van der Waals surface area contributed by atoms with E-state index < -0.39 is 12.1 Å². The Morgan fingerprint density at radius 1 is 1.40 bits per heavy atom. The lowest BCUT2D eigenvalue weighted by molar-refractivity contribution is -0.179. The summed E-state index contributed by atoms with van der Waals surface area (Å²) >= 11 is 0. The average Bonchev–Trinajstić information content (AvgIpc) is 2.11. The van der Waals surface area contributed by atoms with Crippen molar-refractivity contribution in [1.82, 2.24) is 5.06 Å². The molecule has 1 fully saturated rings. The molecule has 2 nitrogen and oxygen atoms in total. The van der Waals surface area contributed by atoms with Gasteiger partial charge in [0, 0.05) is 13.1 Å². The van der Waals surface area contributed by atoms with E-state index in [0.717, 1.165) is 0 Å². The minimum atomic E-state index is -4.14. The molecule has 0 aromatic carbocycles. The number of hydroxylamine groups is 2. The molecule has 1 unspecified atom stereocenters. The van der Waals surface area contributed by atoms with Crippen LogP contribution in [-0.2, 0) is 0 Å². The zero-order chi connectivity index (χ0) is 7.78. The third kappa shape index (κ3) is 1.60. The Morgan fingerprint density at radius 2 is 2.00 bits per heavy atom. The maximum absolute atomic E-state index is 11.8. The normalized spacial score (nSPS) is 29.4. The predicted molar refractivity (Wildman–Crippen MR) is 27.5 cm³/mol. The fraction of sp³-hybridized carbons (Fsp3) is 1.00. The standard InChI is InChI=1S/C5H8F3NO/c6-5(7,8)4-1-2-9(10)3-4/h4,10H,1-3H2. The minimum absolute atomic E-state index is 0.0139. The molecular formula is C5H8F3NO. The summed E-state index contributed by atoms with van der Waals surface area (Å²) in [6.45, 7) is -0.145. The van der Waals surface area contributed by atoms with E-state index in [-0.39, 0.29) is 19.5 Å². The molecule has 0 aliphatic carbocycles. The van der Waals surface area contributed by atoms with Crippen molar-refractivity contribution in [1.29, 1.82) is 0 Å². The Kier molecular flexibility index (Phi) is 1.87. The molecule has 0 amide bonds. The molecule has 1 aliphatic heterocycles. The van der Waals surface area contributed by atoms with Gasteiger partial charge in [-0.05, 0) is 6.42 Å². The molecule has 0 spiro atoms. The van der Waals surface area contributed by atoms with Crippen LogP contribution in [-0.4, -0.2) is 29.5 Å². The highest BCUT2D eigenvalue weighted by atomic mass is 19.4. The molecule has 1 N–H and O–H groups in total. The Bertz CT molecular complexity index is 125. The molecule has 60 valence electrons. The van der Waals surface area contributed by atoms with Crippen molar-refractivity contribution in [2.75, 3.05) is 13.1 Å². The lowest BCUT2D eigenvalue weighted by Crippen LogP contribution is -2.25. The van der Waals surface area contributed by atoms with Crippen LogP contribution >= 0.6 is 0 Å². The number of hydrogen-bond acceptors (Lipinski definition) is 2. The van der Waals surface area contributed by atoms with Crippen LogP contribution in [0, 0.1) is 5.92 Å². The molecule has 1 aliphatic rings. The van der Waals surface area contributed by atoms with Crippen LogP contribution in [0.5, 0.6) is 0 Å². The molecule has 1 rings (SSSR count). The molecule has 0 bridgehead atoms. The van der Waals surface area contributed by atoms with E-state index in [1.165, 1.54) is 0 Å². The summed E-state index contributed by atoms with van der Waals surface area (Å²) in [5.41, 5.74) is 0. The summed E-state index contributed by atoms with van der Waals surface area (Å²) in [5.74, 6) is -1.34. The van der Waals surface area contributed by atoms with Gasteiger partial charge in [0.05, 0.1) is 5.92 Å². The minimum Gasteiger partial charge on any atom is -0.314 e. The van der Waals surface area contributed by atoms with E-state index in [0.29, 0.717) is 5.06 Å². The Morgan fingerprint density at radius 3 is 2.20 bits per heavy atom. The summed E-state index contributed by atoms with van der Waals surface area (Å²) in [6.07, 6.45) is -4.13. The fourth-order valence-electron chi connectivity index (χ4n) is 1.01. The topological polar surface area (TPSA) is 23.5 Å². The van der Waals surface area contributed by atoms with Gasteiger partial charge in [-0.2, -0.15) is 18.2 Å². The summed E-state index contributed by atoms with van der Waals surface area (Å²) in [7, 11) is 0. The van der Waals surface area contributed by atoms with Gasteiger partial charge in [-0.3, -0.25) is 0 Å². The predicted octanol–water partition coefficient (Wildman–Crippen LogP) is 1.26. The van der Waals surface area contributed by atoms with Gasteiger partial charge in [0.1, 0.15) is 0 Å². The lowest BCUT2D eigenvalue weighted by Gasteiger charge is -2.12. The van der Waals surface area contributed by atoms with Crippen molar-refractivity contribution in [3.05, 3.63) is 0 Å². The molecule has 10 heavy (non-hydrogen) atoms. The molecular weight excluding hydrogens is 147 g/mol. The first-order chi connectivity index (χ1) is 4.50. The van der Waals surface area contributed by atoms with Gasteiger partial charge in [0.15, 0.2) is 0 Å². The summed E-state index contributed by atoms with van der Waals surface area (Å²) in [4.78, 5) is 0. The van der Waals surface area contributed by atoms with E-state index in [1.54, 1.807) is 0 Å². The van der Waals surface area contributed by atoms with Crippen molar-refractivity contribution < 1.29 is 18.4 Å². The first kappa shape index (κ1) is 7.81. The van der Waals surface area contributed by atoms with Crippen molar-refractivity contribution in [2.45, 2.75) is 12.6 Å². The van der Waals surface area contributed by atoms with Crippen molar-refractivity contribution in [2.24, 2.45) is 5.92 Å². The van der Waals surface area contributed by atoms with Crippen molar-refractivity contribution >= 4 is 0 Å². The number of halogens is 3. The van der Waals surface area contributed by atoms with E-state index in [1.807, 2.05) is 0 Å². The van der Waals surface area contributed by atoms with Gasteiger partial charge in [-0.15, -0.1) is 0 Å².